The van der Waals surface area contributed by atoms with Crippen LogP contribution in [0, 0.1) is 6.92 Å². The van der Waals surface area contributed by atoms with E-state index in [0.29, 0.717) is 5.69 Å². The summed E-state index contributed by atoms with van der Waals surface area (Å²) in [7, 11) is 0. The molecule has 0 amide bonds. The van der Waals surface area contributed by atoms with Gasteiger partial charge in [-0.25, -0.2) is 0 Å². The minimum absolute atomic E-state index is 0.683. The maximum absolute atomic E-state index is 5.81. The van der Waals surface area contributed by atoms with Gasteiger partial charge in [0.2, 0.25) is 0 Å². The van der Waals surface area contributed by atoms with Crippen LogP contribution in [0.1, 0.15) is 12.6 Å². The number of fused-ring (bicyclic) bond motifs is 1. The third-order valence-corrected chi connectivity index (χ3v) is 2.86. The molecule has 6 nitrogen and oxygen atoms in total. The van der Waals surface area contributed by atoms with Gasteiger partial charge in [-0.2, -0.15) is 5.10 Å². The van der Waals surface area contributed by atoms with Gasteiger partial charge in [0.1, 0.15) is 5.69 Å². The van der Waals surface area contributed by atoms with E-state index >= 15 is 0 Å². The first-order chi connectivity index (χ1) is 8.69. The number of aromatic nitrogens is 5. The van der Waals surface area contributed by atoms with E-state index in [1.165, 1.54) is 0 Å². The Morgan fingerprint density at radius 2 is 2.11 bits per heavy atom. The van der Waals surface area contributed by atoms with Crippen molar-refractivity contribution in [2.24, 2.45) is 0 Å². The van der Waals surface area contributed by atoms with Crippen LogP contribution in [0.2, 0.25) is 0 Å². The molecule has 0 aliphatic rings. The maximum atomic E-state index is 5.81. The van der Waals surface area contributed by atoms with Crippen LogP contribution in [-0.4, -0.2) is 24.4 Å². The summed E-state index contributed by atoms with van der Waals surface area (Å²) in [6.45, 7) is 4.81. The molecule has 0 aliphatic carbocycles. The smallest absolute Gasteiger partial charge is 0.186 e. The summed E-state index contributed by atoms with van der Waals surface area (Å²) in [6, 6.07) is 5.67. The van der Waals surface area contributed by atoms with Gasteiger partial charge in [-0.15, -0.1) is 10.2 Å². The van der Waals surface area contributed by atoms with Gasteiger partial charge in [0.05, 0.1) is 5.69 Å². The minimum Gasteiger partial charge on any atom is -0.398 e. The van der Waals surface area contributed by atoms with Crippen LogP contribution in [0.4, 0.5) is 5.69 Å². The SMILES string of the molecule is CCn1nc(C)cc1-c1nnc2ccc(N)cn12. The Morgan fingerprint density at radius 1 is 1.28 bits per heavy atom. The Hall–Kier alpha value is -2.37. The lowest BCUT2D eigenvalue weighted by Gasteiger charge is -2.03. The van der Waals surface area contributed by atoms with E-state index in [1.54, 1.807) is 0 Å². The van der Waals surface area contributed by atoms with Crippen molar-refractivity contribution < 1.29 is 0 Å². The van der Waals surface area contributed by atoms with Gasteiger partial charge >= 0.3 is 0 Å². The molecule has 3 heterocycles. The Kier molecular flexibility index (Phi) is 2.29. The Balaban J connectivity index is 2.27. The van der Waals surface area contributed by atoms with E-state index in [0.717, 1.165) is 29.4 Å². The Morgan fingerprint density at radius 3 is 2.89 bits per heavy atom. The summed E-state index contributed by atoms with van der Waals surface area (Å²) < 4.78 is 3.80. The zero-order chi connectivity index (χ0) is 12.7. The van der Waals surface area contributed by atoms with E-state index in [4.69, 9.17) is 5.73 Å². The molecule has 0 radical (unpaired) electrons. The molecule has 0 fully saturated rings. The largest absolute Gasteiger partial charge is 0.398 e. The molecule has 3 aromatic rings. The highest BCUT2D eigenvalue weighted by Gasteiger charge is 2.13. The fraction of sp³-hybridized carbons (Fsp3) is 0.250. The monoisotopic (exact) mass is 242 g/mol. The van der Waals surface area contributed by atoms with Crippen molar-refractivity contribution in [1.82, 2.24) is 24.4 Å². The van der Waals surface area contributed by atoms with Crippen molar-refractivity contribution in [3.8, 4) is 11.5 Å². The topological polar surface area (TPSA) is 74.0 Å². The van der Waals surface area contributed by atoms with E-state index in [9.17, 15) is 0 Å². The third-order valence-electron chi connectivity index (χ3n) is 2.86. The first-order valence-corrected chi connectivity index (χ1v) is 5.84. The molecule has 3 aromatic heterocycles. The van der Waals surface area contributed by atoms with Crippen LogP contribution >= 0.6 is 0 Å². The van der Waals surface area contributed by atoms with Gasteiger partial charge in [-0.1, -0.05) is 0 Å². The standard InChI is InChI=1S/C12H14N6/c1-3-18-10(6-8(2)16-18)12-15-14-11-5-4-9(13)7-17(11)12/h4-7H,3,13H2,1-2H3. The first-order valence-electron chi connectivity index (χ1n) is 5.84. The van der Waals surface area contributed by atoms with Crippen molar-refractivity contribution in [3.05, 3.63) is 30.1 Å². The highest BCUT2D eigenvalue weighted by atomic mass is 15.3. The molecule has 0 saturated heterocycles. The van der Waals surface area contributed by atoms with Gasteiger partial charge in [0.25, 0.3) is 0 Å². The number of aryl methyl sites for hydroxylation is 2. The average molecular weight is 242 g/mol. The molecule has 0 spiro atoms. The molecule has 0 unspecified atom stereocenters. The summed E-state index contributed by atoms with van der Waals surface area (Å²) in [4.78, 5) is 0. The summed E-state index contributed by atoms with van der Waals surface area (Å²) in [5.41, 5.74) is 9.19. The summed E-state index contributed by atoms with van der Waals surface area (Å²) in [5.74, 6) is 0.764. The van der Waals surface area contributed by atoms with E-state index in [2.05, 4.69) is 15.3 Å². The number of nitrogens with two attached hydrogens (primary N) is 1. The van der Waals surface area contributed by atoms with Crippen LogP contribution in [0.3, 0.4) is 0 Å². The number of nitrogens with zero attached hydrogens (tertiary/aromatic N) is 5. The number of pyridine rings is 1. The number of rotatable bonds is 2. The fourth-order valence-corrected chi connectivity index (χ4v) is 2.05. The molecule has 0 saturated carbocycles. The highest BCUT2D eigenvalue weighted by Crippen LogP contribution is 2.20. The van der Waals surface area contributed by atoms with Crippen LogP contribution in [0.25, 0.3) is 17.2 Å². The van der Waals surface area contributed by atoms with Gasteiger partial charge in [0.15, 0.2) is 11.5 Å². The van der Waals surface area contributed by atoms with Crippen LogP contribution in [0.5, 0.6) is 0 Å². The number of hydrogen-bond acceptors (Lipinski definition) is 4. The van der Waals surface area contributed by atoms with Crippen LogP contribution < -0.4 is 5.73 Å². The molecule has 92 valence electrons. The lowest BCUT2D eigenvalue weighted by molar-refractivity contribution is 0.656. The normalized spacial score (nSPS) is 11.2. The Labute approximate surface area is 104 Å². The summed E-state index contributed by atoms with van der Waals surface area (Å²) >= 11 is 0. The second-order valence-electron chi connectivity index (χ2n) is 4.20. The molecule has 0 bridgehead atoms. The number of nitrogen functional groups attached to an aromatic ring is 1. The predicted octanol–water partition coefficient (Wildman–Crippen LogP) is 1.50. The van der Waals surface area contributed by atoms with Crippen molar-refractivity contribution in [3.63, 3.8) is 0 Å². The molecule has 18 heavy (non-hydrogen) atoms. The molecule has 0 atom stereocenters. The summed E-state index contributed by atoms with van der Waals surface area (Å²) in [6.07, 6.45) is 1.83. The molecular weight excluding hydrogens is 228 g/mol. The lowest BCUT2D eigenvalue weighted by Crippen LogP contribution is -2.02. The number of anilines is 1. The van der Waals surface area contributed by atoms with Gasteiger partial charge in [0, 0.05) is 18.4 Å². The van der Waals surface area contributed by atoms with Crippen molar-refractivity contribution >= 4 is 11.3 Å². The van der Waals surface area contributed by atoms with Crippen molar-refractivity contribution in [2.75, 3.05) is 5.73 Å². The van der Waals surface area contributed by atoms with Crippen molar-refractivity contribution in [1.29, 1.82) is 0 Å². The van der Waals surface area contributed by atoms with Crippen LogP contribution in [-0.2, 0) is 6.54 Å². The van der Waals surface area contributed by atoms with Gasteiger partial charge < -0.3 is 5.73 Å². The molecule has 0 aromatic carbocycles. The Bertz CT molecular complexity index is 709. The number of hydrogen-bond donors (Lipinski definition) is 1. The highest BCUT2D eigenvalue weighted by molar-refractivity contribution is 5.58. The average Bonchev–Trinajstić information content (AvgIpc) is 2.91. The van der Waals surface area contributed by atoms with E-state index < -0.39 is 0 Å². The quantitative estimate of drug-likeness (QED) is 0.739. The van der Waals surface area contributed by atoms with E-state index in [1.807, 2.05) is 47.3 Å². The van der Waals surface area contributed by atoms with Gasteiger partial charge in [-0.05, 0) is 32.0 Å². The zero-order valence-electron chi connectivity index (χ0n) is 10.3. The van der Waals surface area contributed by atoms with Gasteiger partial charge in [-0.3, -0.25) is 9.08 Å². The summed E-state index contributed by atoms with van der Waals surface area (Å²) in [5, 5.41) is 12.8. The zero-order valence-corrected chi connectivity index (χ0v) is 10.3. The molecule has 0 aliphatic heterocycles. The fourth-order valence-electron chi connectivity index (χ4n) is 2.05. The molecular formula is C12H14N6. The lowest BCUT2D eigenvalue weighted by atomic mass is 10.3. The molecule has 3 rings (SSSR count). The van der Waals surface area contributed by atoms with Crippen molar-refractivity contribution in [2.45, 2.75) is 20.4 Å². The molecule has 6 heteroatoms. The second-order valence-corrected chi connectivity index (χ2v) is 4.20. The van der Waals surface area contributed by atoms with Crippen LogP contribution in [0.15, 0.2) is 24.4 Å². The molecule has 2 N–H and O–H groups in total. The predicted molar refractivity (Wildman–Crippen MR) is 69.0 cm³/mol. The second kappa shape index (κ2) is 3.83. The third kappa shape index (κ3) is 1.54. The van der Waals surface area contributed by atoms with E-state index in [-0.39, 0.29) is 0 Å². The maximum Gasteiger partial charge on any atom is 0.186 e. The minimum atomic E-state index is 0.683. The first kappa shape index (κ1) is 10.8.